The molecular weight excluding hydrogens is 290 g/mol. The van der Waals surface area contributed by atoms with Crippen LogP contribution in [0.15, 0.2) is 54.6 Å². The van der Waals surface area contributed by atoms with Gasteiger partial charge in [0.25, 0.3) is 0 Å². The number of rotatable bonds is 5. The lowest BCUT2D eigenvalue weighted by Crippen LogP contribution is -2.45. The van der Waals surface area contributed by atoms with E-state index in [2.05, 4.69) is 16.0 Å². The van der Waals surface area contributed by atoms with Gasteiger partial charge in [0.2, 0.25) is 5.91 Å². The van der Waals surface area contributed by atoms with E-state index in [1.807, 2.05) is 54.6 Å². The van der Waals surface area contributed by atoms with E-state index in [9.17, 15) is 9.59 Å². The average molecular weight is 311 g/mol. The van der Waals surface area contributed by atoms with Crippen LogP contribution in [0.4, 0.5) is 10.5 Å². The largest absolute Gasteiger partial charge is 0.374 e. The molecule has 0 bridgehead atoms. The Morgan fingerprint density at radius 3 is 2.17 bits per heavy atom. The van der Waals surface area contributed by atoms with E-state index in [0.717, 1.165) is 16.8 Å². The lowest BCUT2D eigenvalue weighted by molar-refractivity contribution is -0.120. The van der Waals surface area contributed by atoms with Gasteiger partial charge in [0.1, 0.15) is 6.04 Å². The molecule has 120 valence electrons. The second kappa shape index (κ2) is 7.98. The molecule has 1 unspecified atom stereocenters. The number of anilines is 1. The van der Waals surface area contributed by atoms with Gasteiger partial charge in [0, 0.05) is 12.2 Å². The molecule has 0 aliphatic rings. The van der Waals surface area contributed by atoms with E-state index in [0.29, 0.717) is 6.54 Å². The number of carbonyl (C=O) groups excluding carboxylic acids is 2. The predicted molar refractivity (Wildman–Crippen MR) is 92.2 cm³/mol. The topological polar surface area (TPSA) is 70.2 Å². The fourth-order valence-corrected chi connectivity index (χ4v) is 2.13. The van der Waals surface area contributed by atoms with Crippen LogP contribution in [-0.4, -0.2) is 24.5 Å². The van der Waals surface area contributed by atoms with Gasteiger partial charge in [0.05, 0.1) is 0 Å². The molecule has 1 atom stereocenters. The lowest BCUT2D eigenvalue weighted by Gasteiger charge is -2.15. The Balaban J connectivity index is 1.95. The van der Waals surface area contributed by atoms with Crippen molar-refractivity contribution in [3.05, 3.63) is 54.6 Å². The smallest absolute Gasteiger partial charge is 0.321 e. The number of amides is 3. The maximum atomic E-state index is 11.9. The molecule has 0 heterocycles. The SMILES string of the molecule is CCNC(=O)NC(=O)C(C)Nc1ccc(-c2ccccc2)cc1. The van der Waals surface area contributed by atoms with Gasteiger partial charge in [-0.15, -0.1) is 0 Å². The third-order valence-electron chi connectivity index (χ3n) is 3.34. The number of hydrogen-bond acceptors (Lipinski definition) is 3. The Hall–Kier alpha value is -2.82. The summed E-state index contributed by atoms with van der Waals surface area (Å²) in [5.74, 6) is -0.372. The zero-order valence-electron chi connectivity index (χ0n) is 13.3. The van der Waals surface area contributed by atoms with Crippen molar-refractivity contribution in [2.45, 2.75) is 19.9 Å². The summed E-state index contributed by atoms with van der Waals surface area (Å²) in [6.07, 6.45) is 0. The predicted octanol–water partition coefficient (Wildman–Crippen LogP) is 3.00. The zero-order chi connectivity index (χ0) is 16.7. The Bertz CT molecular complexity index is 654. The molecule has 3 amide bonds. The fourth-order valence-electron chi connectivity index (χ4n) is 2.13. The Labute approximate surface area is 136 Å². The van der Waals surface area contributed by atoms with Crippen LogP contribution in [0.5, 0.6) is 0 Å². The average Bonchev–Trinajstić information content (AvgIpc) is 2.56. The molecule has 2 rings (SSSR count). The van der Waals surface area contributed by atoms with Gasteiger partial charge in [-0.2, -0.15) is 0 Å². The van der Waals surface area contributed by atoms with Crippen molar-refractivity contribution >= 4 is 17.6 Å². The van der Waals surface area contributed by atoms with Crippen molar-refractivity contribution in [2.75, 3.05) is 11.9 Å². The van der Waals surface area contributed by atoms with Crippen molar-refractivity contribution < 1.29 is 9.59 Å². The quantitative estimate of drug-likeness (QED) is 0.795. The normalized spacial score (nSPS) is 11.4. The minimum atomic E-state index is -0.514. The third-order valence-corrected chi connectivity index (χ3v) is 3.34. The van der Waals surface area contributed by atoms with Crippen molar-refractivity contribution in [1.29, 1.82) is 0 Å². The van der Waals surface area contributed by atoms with E-state index in [1.165, 1.54) is 0 Å². The second-order valence-electron chi connectivity index (χ2n) is 5.16. The highest BCUT2D eigenvalue weighted by Gasteiger charge is 2.15. The number of imide groups is 1. The summed E-state index contributed by atoms with van der Waals surface area (Å²) in [6, 6.07) is 16.9. The monoisotopic (exact) mass is 311 g/mol. The van der Waals surface area contributed by atoms with Gasteiger partial charge in [0.15, 0.2) is 0 Å². The number of hydrogen-bond donors (Lipinski definition) is 3. The summed E-state index contributed by atoms with van der Waals surface area (Å²) in [6.45, 7) is 3.97. The molecule has 0 saturated carbocycles. The summed E-state index contributed by atoms with van der Waals surface area (Å²) in [4.78, 5) is 23.2. The molecule has 0 saturated heterocycles. The van der Waals surface area contributed by atoms with Gasteiger partial charge in [-0.1, -0.05) is 42.5 Å². The van der Waals surface area contributed by atoms with E-state index >= 15 is 0 Å². The molecular formula is C18H21N3O2. The van der Waals surface area contributed by atoms with Crippen molar-refractivity contribution in [3.8, 4) is 11.1 Å². The first-order chi connectivity index (χ1) is 11.1. The zero-order valence-corrected chi connectivity index (χ0v) is 13.3. The fraction of sp³-hybridized carbons (Fsp3) is 0.222. The minimum Gasteiger partial charge on any atom is -0.374 e. The van der Waals surface area contributed by atoms with Crippen LogP contribution < -0.4 is 16.0 Å². The van der Waals surface area contributed by atoms with Gasteiger partial charge in [-0.05, 0) is 37.1 Å². The highest BCUT2D eigenvalue weighted by atomic mass is 16.2. The summed E-state index contributed by atoms with van der Waals surface area (Å²) >= 11 is 0. The number of benzene rings is 2. The van der Waals surface area contributed by atoms with Gasteiger partial charge >= 0.3 is 6.03 Å². The Morgan fingerprint density at radius 2 is 1.57 bits per heavy atom. The third kappa shape index (κ3) is 4.85. The highest BCUT2D eigenvalue weighted by Crippen LogP contribution is 2.21. The van der Waals surface area contributed by atoms with Crippen LogP contribution in [0.3, 0.4) is 0 Å². The van der Waals surface area contributed by atoms with Crippen molar-refractivity contribution in [3.63, 3.8) is 0 Å². The summed E-state index contributed by atoms with van der Waals surface area (Å²) in [7, 11) is 0. The molecule has 0 aliphatic carbocycles. The van der Waals surface area contributed by atoms with Crippen LogP contribution in [-0.2, 0) is 4.79 Å². The standard InChI is InChI=1S/C18H21N3O2/c1-3-19-18(23)21-17(22)13(2)20-16-11-9-15(10-12-16)14-7-5-4-6-8-14/h4-13,20H,3H2,1-2H3,(H2,19,21,22,23). The molecule has 0 fully saturated rings. The molecule has 3 N–H and O–H groups in total. The van der Waals surface area contributed by atoms with Crippen LogP contribution >= 0.6 is 0 Å². The number of carbonyl (C=O) groups is 2. The molecule has 2 aromatic rings. The molecule has 0 spiro atoms. The van der Waals surface area contributed by atoms with Crippen LogP contribution in [0.1, 0.15) is 13.8 Å². The molecule has 0 aromatic heterocycles. The second-order valence-corrected chi connectivity index (χ2v) is 5.16. The highest BCUT2D eigenvalue weighted by molar-refractivity contribution is 5.97. The molecule has 5 nitrogen and oxygen atoms in total. The molecule has 2 aromatic carbocycles. The van der Waals surface area contributed by atoms with Gasteiger partial charge < -0.3 is 10.6 Å². The first-order valence-corrected chi connectivity index (χ1v) is 7.61. The summed E-state index contributed by atoms with van der Waals surface area (Å²) in [5, 5.41) is 7.88. The minimum absolute atomic E-state index is 0.372. The van der Waals surface area contributed by atoms with E-state index in [4.69, 9.17) is 0 Å². The van der Waals surface area contributed by atoms with Crippen molar-refractivity contribution in [2.24, 2.45) is 0 Å². The van der Waals surface area contributed by atoms with E-state index in [-0.39, 0.29) is 5.91 Å². The van der Waals surface area contributed by atoms with Gasteiger partial charge in [-0.3, -0.25) is 10.1 Å². The maximum Gasteiger partial charge on any atom is 0.321 e. The van der Waals surface area contributed by atoms with E-state index in [1.54, 1.807) is 13.8 Å². The van der Waals surface area contributed by atoms with Crippen LogP contribution in [0, 0.1) is 0 Å². The lowest BCUT2D eigenvalue weighted by atomic mass is 10.1. The molecule has 5 heteroatoms. The number of nitrogens with one attached hydrogen (secondary N) is 3. The van der Waals surface area contributed by atoms with Crippen LogP contribution in [0.25, 0.3) is 11.1 Å². The van der Waals surface area contributed by atoms with Crippen LogP contribution in [0.2, 0.25) is 0 Å². The Morgan fingerprint density at radius 1 is 0.957 bits per heavy atom. The number of urea groups is 1. The van der Waals surface area contributed by atoms with Gasteiger partial charge in [-0.25, -0.2) is 4.79 Å². The first kappa shape index (κ1) is 16.5. The summed E-state index contributed by atoms with van der Waals surface area (Å²) in [5.41, 5.74) is 3.07. The molecule has 0 radical (unpaired) electrons. The maximum absolute atomic E-state index is 11.9. The van der Waals surface area contributed by atoms with E-state index < -0.39 is 12.1 Å². The molecule has 0 aliphatic heterocycles. The molecule has 23 heavy (non-hydrogen) atoms. The van der Waals surface area contributed by atoms with Crippen molar-refractivity contribution in [1.82, 2.24) is 10.6 Å². The Kier molecular flexibility index (Phi) is 5.74. The first-order valence-electron chi connectivity index (χ1n) is 7.61. The summed E-state index contributed by atoms with van der Waals surface area (Å²) < 4.78 is 0.